The van der Waals surface area contributed by atoms with Crippen molar-refractivity contribution in [2.75, 3.05) is 7.11 Å². The van der Waals surface area contributed by atoms with Crippen LogP contribution in [0.25, 0.3) is 10.9 Å². The van der Waals surface area contributed by atoms with Gasteiger partial charge >= 0.3 is 0 Å². The van der Waals surface area contributed by atoms with Gasteiger partial charge < -0.3 is 15.5 Å². The summed E-state index contributed by atoms with van der Waals surface area (Å²) >= 11 is 0. The number of H-pyrrole nitrogens is 1. The van der Waals surface area contributed by atoms with Crippen LogP contribution in [-0.4, -0.2) is 12.1 Å². The molecular formula is C16H22N2O. The molecule has 1 aromatic heterocycles. The largest absolute Gasteiger partial charge is 0.495 e. The van der Waals surface area contributed by atoms with E-state index in [-0.39, 0.29) is 6.04 Å². The zero-order valence-corrected chi connectivity index (χ0v) is 11.7. The van der Waals surface area contributed by atoms with Crippen molar-refractivity contribution >= 4 is 10.9 Å². The first-order chi connectivity index (χ1) is 9.22. The lowest BCUT2D eigenvalue weighted by Gasteiger charge is -2.19. The molecule has 1 atom stereocenters. The first-order valence-electron chi connectivity index (χ1n) is 7.13. The normalized spacial score (nSPS) is 18.1. The van der Waals surface area contributed by atoms with Crippen molar-refractivity contribution in [2.45, 2.75) is 38.6 Å². The number of hydrogen-bond donors (Lipinski definition) is 2. The molecule has 1 aliphatic rings. The van der Waals surface area contributed by atoms with Crippen LogP contribution in [0.3, 0.4) is 0 Å². The molecule has 3 rings (SSSR count). The Bertz CT molecular complexity index is 582. The van der Waals surface area contributed by atoms with Gasteiger partial charge in [0.1, 0.15) is 5.75 Å². The molecule has 0 spiro atoms. The maximum atomic E-state index is 6.54. The van der Waals surface area contributed by atoms with Crippen molar-refractivity contribution in [3.8, 4) is 5.75 Å². The summed E-state index contributed by atoms with van der Waals surface area (Å²) in [6.07, 6.45) is 5.17. The predicted octanol–water partition coefficient (Wildman–Crippen LogP) is 3.67. The minimum absolute atomic E-state index is 0.142. The maximum absolute atomic E-state index is 6.54. The number of nitrogens with one attached hydrogen (secondary N) is 1. The third-order valence-electron chi connectivity index (χ3n) is 4.49. The number of benzene rings is 1. The Morgan fingerprint density at radius 3 is 2.74 bits per heavy atom. The lowest BCUT2D eigenvalue weighted by molar-refractivity contribution is 0.419. The number of aromatic amines is 1. The van der Waals surface area contributed by atoms with Gasteiger partial charge in [0.2, 0.25) is 0 Å². The Morgan fingerprint density at radius 2 is 2.05 bits per heavy atom. The van der Waals surface area contributed by atoms with Crippen molar-refractivity contribution in [3.05, 3.63) is 29.5 Å². The quantitative estimate of drug-likeness (QED) is 0.882. The molecule has 1 fully saturated rings. The summed E-state index contributed by atoms with van der Waals surface area (Å²) in [4.78, 5) is 3.45. The molecule has 2 aromatic rings. The van der Waals surface area contributed by atoms with Crippen LogP contribution in [0.1, 0.15) is 43.0 Å². The molecule has 1 heterocycles. The average molecular weight is 258 g/mol. The van der Waals surface area contributed by atoms with Crippen molar-refractivity contribution in [3.63, 3.8) is 0 Å². The van der Waals surface area contributed by atoms with Crippen molar-refractivity contribution < 1.29 is 4.74 Å². The van der Waals surface area contributed by atoms with Gasteiger partial charge in [0.15, 0.2) is 0 Å². The second-order valence-corrected chi connectivity index (χ2v) is 5.62. The highest BCUT2D eigenvalue weighted by molar-refractivity contribution is 5.90. The maximum Gasteiger partial charge on any atom is 0.142 e. The molecule has 1 aliphatic carbocycles. The van der Waals surface area contributed by atoms with E-state index < -0.39 is 0 Å². The monoisotopic (exact) mass is 258 g/mol. The number of nitrogens with two attached hydrogens (primary N) is 1. The van der Waals surface area contributed by atoms with Gasteiger partial charge in [0, 0.05) is 17.1 Å². The van der Waals surface area contributed by atoms with Crippen LogP contribution in [0.2, 0.25) is 0 Å². The fourth-order valence-electron chi connectivity index (χ4n) is 3.49. The minimum atomic E-state index is 0.142. The van der Waals surface area contributed by atoms with E-state index in [0.29, 0.717) is 5.92 Å². The number of aryl methyl sites for hydroxylation is 1. The van der Waals surface area contributed by atoms with Crippen LogP contribution >= 0.6 is 0 Å². The molecule has 3 N–H and O–H groups in total. The van der Waals surface area contributed by atoms with Gasteiger partial charge in [-0.1, -0.05) is 25.0 Å². The van der Waals surface area contributed by atoms with E-state index in [4.69, 9.17) is 10.5 Å². The van der Waals surface area contributed by atoms with Crippen molar-refractivity contribution in [2.24, 2.45) is 11.7 Å². The molecule has 0 radical (unpaired) electrons. The van der Waals surface area contributed by atoms with Gasteiger partial charge in [-0.25, -0.2) is 0 Å². The molecule has 102 valence electrons. The van der Waals surface area contributed by atoms with E-state index in [1.807, 2.05) is 12.1 Å². The smallest absolute Gasteiger partial charge is 0.142 e. The summed E-state index contributed by atoms with van der Waals surface area (Å²) in [5.74, 6) is 1.52. The number of rotatable bonds is 3. The van der Waals surface area contributed by atoms with E-state index in [9.17, 15) is 0 Å². The Balaban J connectivity index is 2.09. The van der Waals surface area contributed by atoms with Gasteiger partial charge in [0.25, 0.3) is 0 Å². The summed E-state index contributed by atoms with van der Waals surface area (Å²) in [7, 11) is 1.71. The third kappa shape index (κ3) is 2.02. The van der Waals surface area contributed by atoms with Crippen molar-refractivity contribution in [1.29, 1.82) is 0 Å². The third-order valence-corrected chi connectivity index (χ3v) is 4.49. The first-order valence-corrected chi connectivity index (χ1v) is 7.13. The number of aromatic nitrogens is 1. The zero-order valence-electron chi connectivity index (χ0n) is 11.7. The SMILES string of the molecule is COc1cccc2c(C(N)C3CCCC3)c(C)[nH]c12. The lowest BCUT2D eigenvalue weighted by Crippen LogP contribution is -2.19. The lowest BCUT2D eigenvalue weighted by atomic mass is 9.90. The number of hydrogen-bond acceptors (Lipinski definition) is 2. The Morgan fingerprint density at radius 1 is 1.32 bits per heavy atom. The van der Waals surface area contributed by atoms with Crippen LogP contribution in [-0.2, 0) is 0 Å². The first kappa shape index (κ1) is 12.5. The fourth-order valence-corrected chi connectivity index (χ4v) is 3.49. The number of ether oxygens (including phenoxy) is 1. The molecule has 1 saturated carbocycles. The Labute approximate surface area is 114 Å². The molecule has 0 aliphatic heterocycles. The van der Waals surface area contributed by atoms with Gasteiger partial charge in [-0.3, -0.25) is 0 Å². The second-order valence-electron chi connectivity index (χ2n) is 5.62. The summed E-state index contributed by atoms with van der Waals surface area (Å²) in [5.41, 5.74) is 10.1. The van der Waals surface area contributed by atoms with E-state index in [1.165, 1.54) is 42.3 Å². The van der Waals surface area contributed by atoms with Crippen molar-refractivity contribution in [1.82, 2.24) is 4.98 Å². The number of para-hydroxylation sites is 1. The van der Waals surface area contributed by atoms with E-state index in [1.54, 1.807) is 7.11 Å². The van der Waals surface area contributed by atoms with E-state index in [2.05, 4.69) is 18.0 Å². The van der Waals surface area contributed by atoms with Gasteiger partial charge in [0.05, 0.1) is 12.6 Å². The fraction of sp³-hybridized carbons (Fsp3) is 0.500. The summed E-state index contributed by atoms with van der Waals surface area (Å²) in [6, 6.07) is 6.32. The standard InChI is InChI=1S/C16H22N2O/c1-10-14(15(17)11-6-3-4-7-11)12-8-5-9-13(19-2)16(12)18-10/h5,8-9,11,15,18H,3-4,6-7,17H2,1-2H3. The van der Waals surface area contributed by atoms with Crippen LogP contribution in [0, 0.1) is 12.8 Å². The summed E-state index contributed by atoms with van der Waals surface area (Å²) < 4.78 is 5.43. The highest BCUT2D eigenvalue weighted by atomic mass is 16.5. The van der Waals surface area contributed by atoms with E-state index >= 15 is 0 Å². The Hall–Kier alpha value is -1.48. The highest BCUT2D eigenvalue weighted by Gasteiger charge is 2.27. The molecular weight excluding hydrogens is 236 g/mol. The minimum Gasteiger partial charge on any atom is -0.495 e. The molecule has 0 amide bonds. The van der Waals surface area contributed by atoms with Crippen LogP contribution in [0.15, 0.2) is 18.2 Å². The van der Waals surface area contributed by atoms with Gasteiger partial charge in [-0.05, 0) is 37.3 Å². The topological polar surface area (TPSA) is 51.0 Å². The molecule has 3 nitrogen and oxygen atoms in total. The number of methoxy groups -OCH3 is 1. The van der Waals surface area contributed by atoms with Gasteiger partial charge in [-0.2, -0.15) is 0 Å². The summed E-state index contributed by atoms with van der Waals surface area (Å²) in [6.45, 7) is 2.11. The predicted molar refractivity (Wildman–Crippen MR) is 78.5 cm³/mol. The van der Waals surface area contributed by atoms with E-state index in [0.717, 1.165) is 11.3 Å². The summed E-state index contributed by atoms with van der Waals surface area (Å²) in [5, 5.41) is 1.22. The van der Waals surface area contributed by atoms with Gasteiger partial charge in [-0.15, -0.1) is 0 Å². The second kappa shape index (κ2) is 4.89. The van der Waals surface area contributed by atoms with Crippen LogP contribution in [0.4, 0.5) is 0 Å². The average Bonchev–Trinajstić information content (AvgIpc) is 3.04. The molecule has 0 bridgehead atoms. The zero-order chi connectivity index (χ0) is 13.4. The highest BCUT2D eigenvalue weighted by Crippen LogP contribution is 2.39. The Kier molecular flexibility index (Phi) is 3.23. The molecule has 1 unspecified atom stereocenters. The van der Waals surface area contributed by atoms with Crippen LogP contribution in [0.5, 0.6) is 5.75 Å². The molecule has 1 aromatic carbocycles. The molecule has 19 heavy (non-hydrogen) atoms. The molecule has 3 heteroatoms. The number of fused-ring (bicyclic) bond motifs is 1. The molecule has 0 saturated heterocycles. The van der Waals surface area contributed by atoms with Crippen LogP contribution < -0.4 is 10.5 Å².